The van der Waals surface area contributed by atoms with Crippen LogP contribution in [0.3, 0.4) is 0 Å². The quantitative estimate of drug-likeness (QED) is 0.705. The van der Waals surface area contributed by atoms with Crippen LogP contribution in [0.2, 0.25) is 3.46 Å². The van der Waals surface area contributed by atoms with Crippen LogP contribution in [0.25, 0.3) is 0 Å². The van der Waals surface area contributed by atoms with Gasteiger partial charge in [0, 0.05) is 0 Å². The Labute approximate surface area is 92.0 Å². The molecule has 0 radical (unpaired) electrons. The van der Waals surface area contributed by atoms with Crippen molar-refractivity contribution in [3.8, 4) is 0 Å². The molecular weight excluding hydrogens is 280 g/mol. The van der Waals surface area contributed by atoms with Gasteiger partial charge in [-0.05, 0) is 0 Å². The number of carbonyl (C=O) groups excluding carboxylic acids is 1. The minimum atomic E-state index is -0.609. The minimum absolute atomic E-state index is 0.0295. The second-order valence-corrected chi connectivity index (χ2v) is 7.21. The Kier molecular flexibility index (Phi) is 6.81. The van der Waals surface area contributed by atoms with Crippen LogP contribution >= 0.6 is 0 Å². The number of hydrogen-bond acceptors (Lipinski definition) is 2. The van der Waals surface area contributed by atoms with Gasteiger partial charge in [0.2, 0.25) is 0 Å². The van der Waals surface area contributed by atoms with Crippen LogP contribution in [-0.2, 0) is 7.90 Å². The van der Waals surface area contributed by atoms with Crippen molar-refractivity contribution in [1.29, 1.82) is 0 Å². The first-order valence-electron chi connectivity index (χ1n) is 4.96. The molecule has 0 saturated heterocycles. The Morgan fingerprint density at radius 1 is 1.38 bits per heavy atom. The van der Waals surface area contributed by atoms with E-state index in [2.05, 4.69) is 20.8 Å². The summed E-state index contributed by atoms with van der Waals surface area (Å²) in [6.07, 6.45) is 4.00. The van der Waals surface area contributed by atoms with E-state index in [1.165, 1.54) is 12.8 Å². The van der Waals surface area contributed by atoms with Crippen molar-refractivity contribution in [1.82, 2.24) is 0 Å². The Balaban J connectivity index is 3.89. The predicted molar refractivity (Wildman–Crippen MR) is 55.7 cm³/mol. The maximum absolute atomic E-state index is 11.0. The van der Waals surface area contributed by atoms with E-state index in [-0.39, 0.29) is 5.97 Å². The van der Waals surface area contributed by atoms with Crippen molar-refractivity contribution in [2.45, 2.75) is 56.8 Å². The van der Waals surface area contributed by atoms with E-state index in [1.54, 1.807) is 0 Å². The van der Waals surface area contributed by atoms with Crippen LogP contribution in [0.15, 0.2) is 0 Å². The fourth-order valence-electron chi connectivity index (χ4n) is 1.01. The van der Waals surface area contributed by atoms with Gasteiger partial charge in [0.15, 0.2) is 0 Å². The second kappa shape index (κ2) is 6.67. The van der Waals surface area contributed by atoms with Crippen molar-refractivity contribution >= 4 is 27.3 Å². The van der Waals surface area contributed by atoms with Crippen molar-refractivity contribution in [3.63, 3.8) is 0 Å². The average molecular weight is 300 g/mol. The van der Waals surface area contributed by atoms with E-state index >= 15 is 0 Å². The van der Waals surface area contributed by atoms with Crippen molar-refractivity contribution in [3.05, 3.63) is 0 Å². The number of rotatable bonds is 6. The first kappa shape index (κ1) is 13.3. The zero-order chi connectivity index (χ0) is 10.3. The molecule has 78 valence electrons. The summed E-state index contributed by atoms with van der Waals surface area (Å²) in [7, 11) is 0. The molecule has 0 bridgehead atoms. The van der Waals surface area contributed by atoms with Crippen LogP contribution < -0.4 is 0 Å². The summed E-state index contributed by atoms with van der Waals surface area (Å²) in [5.41, 5.74) is 0. The molecule has 3 heteroatoms. The Bertz CT molecular complexity index is 159. The third-order valence-corrected chi connectivity index (χ3v) is 5.47. The molecule has 0 heterocycles. The predicted octanol–water partition coefficient (Wildman–Crippen LogP) is 2.95. The number of hydrogen-bond donors (Lipinski definition) is 0. The van der Waals surface area contributed by atoms with Crippen LogP contribution in [-0.4, -0.2) is 27.3 Å². The average Bonchev–Trinajstić information content (AvgIpc) is 2.15. The SMILES string of the molecule is CCCC(C)(CC)[Te]OC(=O)CC. The van der Waals surface area contributed by atoms with Gasteiger partial charge in [-0.2, -0.15) is 0 Å². The molecule has 0 amide bonds. The molecule has 0 aliphatic heterocycles. The molecular formula is C10H20O2Te. The normalized spacial score (nSPS) is 15.1. The van der Waals surface area contributed by atoms with Gasteiger partial charge in [-0.3, -0.25) is 0 Å². The van der Waals surface area contributed by atoms with Crippen LogP contribution in [0.1, 0.15) is 53.4 Å². The molecule has 1 atom stereocenters. The van der Waals surface area contributed by atoms with E-state index in [9.17, 15) is 4.79 Å². The molecule has 2 nitrogen and oxygen atoms in total. The summed E-state index contributed by atoms with van der Waals surface area (Å²) in [5.74, 6) is -0.0295. The molecule has 0 rings (SSSR count). The summed E-state index contributed by atoms with van der Waals surface area (Å²) >= 11 is -0.609. The van der Waals surface area contributed by atoms with Crippen molar-refractivity contribution < 1.29 is 7.90 Å². The van der Waals surface area contributed by atoms with Crippen LogP contribution in [0.5, 0.6) is 0 Å². The van der Waals surface area contributed by atoms with Gasteiger partial charge in [0.25, 0.3) is 0 Å². The summed E-state index contributed by atoms with van der Waals surface area (Å²) in [6.45, 7) is 8.45. The first-order chi connectivity index (χ1) is 6.08. The molecule has 0 saturated carbocycles. The Morgan fingerprint density at radius 3 is 2.38 bits per heavy atom. The molecule has 0 fully saturated rings. The van der Waals surface area contributed by atoms with Gasteiger partial charge < -0.3 is 0 Å². The van der Waals surface area contributed by atoms with E-state index in [4.69, 9.17) is 3.10 Å². The molecule has 13 heavy (non-hydrogen) atoms. The number of carbonyl (C=O) groups is 1. The summed E-state index contributed by atoms with van der Waals surface area (Å²) in [6, 6.07) is 0. The fourth-order valence-corrected chi connectivity index (χ4v) is 3.34. The second-order valence-electron chi connectivity index (χ2n) is 3.45. The van der Waals surface area contributed by atoms with E-state index in [0.29, 0.717) is 9.88 Å². The Morgan fingerprint density at radius 2 is 2.00 bits per heavy atom. The van der Waals surface area contributed by atoms with Gasteiger partial charge in [-0.15, -0.1) is 0 Å². The Hall–Kier alpha value is 0.260. The van der Waals surface area contributed by atoms with Gasteiger partial charge >= 0.3 is 92.0 Å². The van der Waals surface area contributed by atoms with E-state index in [0.717, 1.165) is 6.42 Å². The first-order valence-corrected chi connectivity index (χ1v) is 7.08. The zero-order valence-electron chi connectivity index (χ0n) is 9.05. The molecule has 0 spiro atoms. The van der Waals surface area contributed by atoms with Crippen molar-refractivity contribution in [2.75, 3.05) is 0 Å². The summed E-state index contributed by atoms with van der Waals surface area (Å²) < 4.78 is 5.60. The molecule has 0 aromatic rings. The van der Waals surface area contributed by atoms with Crippen LogP contribution in [0.4, 0.5) is 0 Å². The molecule has 0 N–H and O–H groups in total. The molecule has 0 aliphatic carbocycles. The summed E-state index contributed by atoms with van der Waals surface area (Å²) in [4.78, 5) is 11.0. The zero-order valence-corrected chi connectivity index (χ0v) is 11.4. The van der Waals surface area contributed by atoms with Gasteiger partial charge in [0.05, 0.1) is 0 Å². The monoisotopic (exact) mass is 302 g/mol. The molecule has 0 aliphatic rings. The fraction of sp³-hybridized carbons (Fsp3) is 0.900. The van der Waals surface area contributed by atoms with Gasteiger partial charge in [-0.25, -0.2) is 0 Å². The van der Waals surface area contributed by atoms with E-state index < -0.39 is 21.3 Å². The summed E-state index contributed by atoms with van der Waals surface area (Å²) in [5, 5.41) is 0. The molecule has 0 aromatic heterocycles. The third-order valence-electron chi connectivity index (χ3n) is 2.15. The van der Waals surface area contributed by atoms with Gasteiger partial charge in [0.1, 0.15) is 0 Å². The van der Waals surface area contributed by atoms with E-state index in [1.807, 2.05) is 6.92 Å². The topological polar surface area (TPSA) is 26.3 Å². The maximum atomic E-state index is 11.0. The van der Waals surface area contributed by atoms with Crippen molar-refractivity contribution in [2.24, 2.45) is 0 Å². The standard InChI is InChI=1S/C10H20O2Te/c1-5-8-10(4,7-3)13-12-9(11)6-2/h5-8H2,1-4H3. The molecule has 1 unspecified atom stereocenters. The molecule has 0 aromatic carbocycles. The van der Waals surface area contributed by atoms with Gasteiger partial charge in [-0.1, -0.05) is 0 Å². The van der Waals surface area contributed by atoms with Crippen LogP contribution in [0, 0.1) is 0 Å². The third kappa shape index (κ3) is 5.54.